The predicted molar refractivity (Wildman–Crippen MR) is 141 cm³/mol. The molecule has 0 radical (unpaired) electrons. The lowest BCUT2D eigenvalue weighted by atomic mass is 9.65. The Morgan fingerprint density at radius 2 is 1.49 bits per heavy atom. The number of carbonyl (C=O) groups is 3. The number of ether oxygens (including phenoxy) is 4. The molecule has 37 heavy (non-hydrogen) atoms. The van der Waals surface area contributed by atoms with Crippen molar-refractivity contribution in [1.29, 1.82) is 0 Å². The molecule has 0 saturated heterocycles. The summed E-state index contributed by atoms with van der Waals surface area (Å²) in [5, 5.41) is 0. The van der Waals surface area contributed by atoms with Gasteiger partial charge in [0.05, 0.1) is 17.7 Å². The lowest BCUT2D eigenvalue weighted by molar-refractivity contribution is -0.145. The Balaban J connectivity index is 1.85. The third-order valence-electron chi connectivity index (χ3n) is 6.89. The zero-order valence-corrected chi connectivity index (χ0v) is 24.0. The van der Waals surface area contributed by atoms with Crippen LogP contribution in [0.2, 0.25) is 0 Å². The predicted octanol–water partition coefficient (Wildman–Crippen LogP) is 6.19. The van der Waals surface area contributed by atoms with Crippen molar-refractivity contribution in [2.45, 2.75) is 73.1 Å². The summed E-state index contributed by atoms with van der Waals surface area (Å²) in [4.78, 5) is 39.0. The molecule has 8 heteroatoms. The summed E-state index contributed by atoms with van der Waals surface area (Å²) in [7, 11) is 0. The van der Waals surface area contributed by atoms with Crippen LogP contribution in [0.25, 0.3) is 0 Å². The van der Waals surface area contributed by atoms with Crippen LogP contribution in [-0.2, 0) is 23.9 Å². The summed E-state index contributed by atoms with van der Waals surface area (Å²) < 4.78 is 23.6. The fraction of sp³-hybridized carbons (Fsp3) is 0.552. The molecule has 1 aromatic rings. The van der Waals surface area contributed by atoms with E-state index < -0.39 is 11.9 Å². The van der Waals surface area contributed by atoms with Gasteiger partial charge in [-0.3, -0.25) is 9.59 Å². The fourth-order valence-electron chi connectivity index (χ4n) is 5.50. The van der Waals surface area contributed by atoms with Crippen LogP contribution >= 0.6 is 15.9 Å². The summed E-state index contributed by atoms with van der Waals surface area (Å²) in [6.45, 7) is 12.2. The number of esters is 1. The van der Waals surface area contributed by atoms with Gasteiger partial charge >= 0.3 is 5.97 Å². The molecule has 0 bridgehead atoms. The van der Waals surface area contributed by atoms with Gasteiger partial charge in [0.2, 0.25) is 0 Å². The van der Waals surface area contributed by atoms with E-state index in [-0.39, 0.29) is 35.6 Å². The van der Waals surface area contributed by atoms with Crippen LogP contribution in [0.1, 0.15) is 78.7 Å². The second-order valence-electron chi connectivity index (χ2n) is 11.4. The molecule has 2 aliphatic carbocycles. The van der Waals surface area contributed by atoms with Gasteiger partial charge in [0.1, 0.15) is 11.5 Å². The van der Waals surface area contributed by atoms with Gasteiger partial charge in [0, 0.05) is 42.7 Å². The third-order valence-corrected chi connectivity index (χ3v) is 7.48. The first-order valence-electron chi connectivity index (χ1n) is 12.8. The summed E-state index contributed by atoms with van der Waals surface area (Å²) in [5.74, 6) is 1.05. The summed E-state index contributed by atoms with van der Waals surface area (Å²) in [5.41, 5.74) is 1.40. The number of halogens is 1. The maximum atomic E-state index is 13.5. The molecular formula is C29H35BrO7. The molecule has 0 spiro atoms. The minimum Gasteiger partial charge on any atom is -0.490 e. The zero-order valence-electron chi connectivity index (χ0n) is 22.4. The van der Waals surface area contributed by atoms with Crippen molar-refractivity contribution < 1.29 is 33.3 Å². The first kappa shape index (κ1) is 27.4. The first-order valence-corrected chi connectivity index (χ1v) is 13.6. The fourth-order valence-corrected chi connectivity index (χ4v) is 6.07. The zero-order chi connectivity index (χ0) is 27.1. The molecule has 0 amide bonds. The summed E-state index contributed by atoms with van der Waals surface area (Å²) in [6.07, 6.45) is 2.01. The Bertz CT molecular complexity index is 1150. The number of hydrogen-bond donors (Lipinski definition) is 0. The molecule has 1 aliphatic heterocycles. The number of carbonyl (C=O) groups excluding carboxylic acids is 3. The Hall–Kier alpha value is -2.61. The highest BCUT2D eigenvalue weighted by atomic mass is 79.9. The van der Waals surface area contributed by atoms with Crippen LogP contribution in [0.4, 0.5) is 0 Å². The third kappa shape index (κ3) is 5.64. The van der Waals surface area contributed by atoms with Crippen molar-refractivity contribution in [3.8, 4) is 11.5 Å². The average molecular weight is 575 g/mol. The Morgan fingerprint density at radius 3 is 2.00 bits per heavy atom. The molecular weight excluding hydrogens is 540 g/mol. The van der Waals surface area contributed by atoms with E-state index in [1.807, 2.05) is 13.0 Å². The monoisotopic (exact) mass is 574 g/mol. The second kappa shape index (κ2) is 10.3. The van der Waals surface area contributed by atoms with Crippen LogP contribution in [0.5, 0.6) is 11.5 Å². The second-order valence-corrected chi connectivity index (χ2v) is 12.3. The summed E-state index contributed by atoms with van der Waals surface area (Å²) >= 11 is 3.58. The van der Waals surface area contributed by atoms with E-state index >= 15 is 0 Å². The molecule has 7 nitrogen and oxygen atoms in total. The molecule has 0 saturated carbocycles. The van der Waals surface area contributed by atoms with Crippen molar-refractivity contribution in [3.63, 3.8) is 0 Å². The standard InChI is InChI=1S/C29H35BrO7/c1-7-34-20-10-16(9-17(30)27(20)36-15-23(33)35-8-2)24-25-18(31)11-28(3,4)13-21(25)37-22-14-29(5,6)12-19(32)26(22)24/h9-10,24H,7-8,11-15H2,1-6H3. The van der Waals surface area contributed by atoms with E-state index in [2.05, 4.69) is 43.6 Å². The van der Waals surface area contributed by atoms with E-state index in [9.17, 15) is 14.4 Å². The van der Waals surface area contributed by atoms with Crippen molar-refractivity contribution >= 4 is 33.5 Å². The molecule has 3 aliphatic rings. The summed E-state index contributed by atoms with van der Waals surface area (Å²) in [6, 6.07) is 3.65. The van der Waals surface area contributed by atoms with Crippen LogP contribution < -0.4 is 9.47 Å². The molecule has 0 aromatic heterocycles. The van der Waals surface area contributed by atoms with E-state index in [0.717, 1.165) is 5.56 Å². The minimum absolute atomic E-state index is 0.00264. The SMILES string of the molecule is CCOC(=O)COc1c(Br)cc(C2C3=C(CC(C)(C)CC3=O)OC3=C2C(=O)CC(C)(C)C3)cc1OCC. The molecule has 4 rings (SSSR count). The van der Waals surface area contributed by atoms with Gasteiger partial charge in [-0.1, -0.05) is 27.7 Å². The van der Waals surface area contributed by atoms with Crippen LogP contribution in [0.3, 0.4) is 0 Å². The maximum Gasteiger partial charge on any atom is 0.344 e. The van der Waals surface area contributed by atoms with Crippen molar-refractivity contribution in [2.75, 3.05) is 19.8 Å². The van der Waals surface area contributed by atoms with Gasteiger partial charge in [-0.2, -0.15) is 0 Å². The highest BCUT2D eigenvalue weighted by Crippen LogP contribution is 2.54. The van der Waals surface area contributed by atoms with Crippen LogP contribution in [0, 0.1) is 10.8 Å². The first-order chi connectivity index (χ1) is 17.4. The number of rotatable bonds is 7. The molecule has 1 aromatic carbocycles. The number of benzene rings is 1. The molecule has 0 fully saturated rings. The molecule has 0 unspecified atom stereocenters. The van der Waals surface area contributed by atoms with E-state index in [1.54, 1.807) is 13.0 Å². The highest BCUT2D eigenvalue weighted by molar-refractivity contribution is 9.10. The normalized spacial score (nSPS) is 20.7. The Labute approximate surface area is 226 Å². The lowest BCUT2D eigenvalue weighted by Crippen LogP contribution is -2.37. The molecule has 1 heterocycles. The highest BCUT2D eigenvalue weighted by Gasteiger charge is 2.48. The molecule has 0 N–H and O–H groups in total. The lowest BCUT2D eigenvalue weighted by Gasteiger charge is -2.42. The van der Waals surface area contributed by atoms with Gasteiger partial charge in [0.25, 0.3) is 0 Å². The minimum atomic E-state index is -0.555. The number of hydrogen-bond acceptors (Lipinski definition) is 7. The van der Waals surface area contributed by atoms with Crippen molar-refractivity contribution in [2.24, 2.45) is 10.8 Å². The van der Waals surface area contributed by atoms with Gasteiger partial charge in [-0.15, -0.1) is 0 Å². The topological polar surface area (TPSA) is 88.1 Å². The average Bonchev–Trinajstić information content (AvgIpc) is 2.75. The van der Waals surface area contributed by atoms with Gasteiger partial charge < -0.3 is 18.9 Å². The van der Waals surface area contributed by atoms with Gasteiger partial charge in [-0.05, 0) is 58.3 Å². The largest absolute Gasteiger partial charge is 0.490 e. The van der Waals surface area contributed by atoms with E-state index in [0.29, 0.717) is 70.9 Å². The Kier molecular flexibility index (Phi) is 7.62. The quantitative estimate of drug-likeness (QED) is 0.359. The van der Waals surface area contributed by atoms with Gasteiger partial charge in [0.15, 0.2) is 29.7 Å². The number of ketones is 2. The van der Waals surface area contributed by atoms with Crippen molar-refractivity contribution in [1.82, 2.24) is 0 Å². The van der Waals surface area contributed by atoms with E-state index in [4.69, 9.17) is 18.9 Å². The van der Waals surface area contributed by atoms with E-state index in [1.165, 1.54) is 0 Å². The number of allylic oxidation sites excluding steroid dienone is 4. The number of Topliss-reactive ketones (excluding diaryl/α,β-unsaturated/α-hetero) is 2. The smallest absolute Gasteiger partial charge is 0.344 e. The Morgan fingerprint density at radius 1 is 0.919 bits per heavy atom. The van der Waals surface area contributed by atoms with Crippen LogP contribution in [-0.4, -0.2) is 37.4 Å². The van der Waals surface area contributed by atoms with Gasteiger partial charge in [-0.25, -0.2) is 4.79 Å². The van der Waals surface area contributed by atoms with Crippen LogP contribution in [0.15, 0.2) is 39.3 Å². The molecule has 200 valence electrons. The van der Waals surface area contributed by atoms with Crippen molar-refractivity contribution in [3.05, 3.63) is 44.8 Å². The molecule has 0 atom stereocenters. The maximum absolute atomic E-state index is 13.5.